The van der Waals surface area contributed by atoms with Crippen molar-refractivity contribution in [2.24, 2.45) is 5.92 Å². The highest BCUT2D eigenvalue weighted by Gasteiger charge is 2.35. The molecule has 5 nitrogen and oxygen atoms in total. The van der Waals surface area contributed by atoms with Gasteiger partial charge in [0, 0.05) is 39.1 Å². The number of hydrogen-bond donors (Lipinski definition) is 0. The third-order valence-corrected chi connectivity index (χ3v) is 6.73. The Morgan fingerprint density at radius 3 is 2.32 bits per heavy atom. The van der Waals surface area contributed by atoms with Crippen molar-refractivity contribution < 1.29 is 23.8 Å². The molecule has 2 aromatic carbocycles. The van der Waals surface area contributed by atoms with Crippen molar-refractivity contribution in [3.05, 3.63) is 75.3 Å². The molecular formula is C27H30Cl2O5. The molecule has 0 aliphatic carbocycles. The summed E-state index contributed by atoms with van der Waals surface area (Å²) < 4.78 is 16.6. The van der Waals surface area contributed by atoms with Crippen LogP contribution in [0.2, 0.25) is 10.0 Å². The summed E-state index contributed by atoms with van der Waals surface area (Å²) in [5, 5.41) is 0.539. The Bertz CT molecular complexity index is 984. The van der Waals surface area contributed by atoms with E-state index in [1.54, 1.807) is 18.2 Å². The summed E-state index contributed by atoms with van der Waals surface area (Å²) in [5.41, 5.74) is 2.07. The summed E-state index contributed by atoms with van der Waals surface area (Å²) in [4.78, 5) is 25.1. The molecular weight excluding hydrogens is 475 g/mol. The molecule has 1 unspecified atom stereocenters. The number of carbonyl (C=O) groups is 2. The van der Waals surface area contributed by atoms with Crippen LogP contribution in [-0.2, 0) is 24.6 Å². The molecule has 0 N–H and O–H groups in total. The molecule has 0 bridgehead atoms. The topological polar surface area (TPSA) is 61.8 Å². The number of ether oxygens (including phenoxy) is 3. The minimum atomic E-state index is -0.635. The van der Waals surface area contributed by atoms with Crippen LogP contribution in [0, 0.1) is 5.92 Å². The Morgan fingerprint density at radius 1 is 1.09 bits per heavy atom. The van der Waals surface area contributed by atoms with Gasteiger partial charge in [-0.25, -0.2) is 0 Å². The maximum Gasteiger partial charge on any atom is 0.309 e. The van der Waals surface area contributed by atoms with Crippen LogP contribution in [0.4, 0.5) is 0 Å². The Kier molecular flexibility index (Phi) is 9.72. The van der Waals surface area contributed by atoms with Gasteiger partial charge in [0.15, 0.2) is 5.78 Å². The number of benzene rings is 2. The number of halogens is 2. The highest BCUT2D eigenvalue weighted by Crippen LogP contribution is 2.36. The molecule has 1 aliphatic rings. The number of carbonyl (C=O) groups excluding carboxylic acids is 2. The van der Waals surface area contributed by atoms with E-state index in [2.05, 4.69) is 12.1 Å². The Balaban J connectivity index is 1.68. The lowest BCUT2D eigenvalue weighted by Gasteiger charge is -2.37. The number of rotatable bonds is 10. The van der Waals surface area contributed by atoms with Gasteiger partial charge < -0.3 is 14.2 Å². The molecule has 1 aliphatic heterocycles. The van der Waals surface area contributed by atoms with E-state index in [1.165, 1.54) is 7.11 Å². The first-order valence-electron chi connectivity index (χ1n) is 11.4. The first-order valence-corrected chi connectivity index (χ1v) is 12.2. The number of ketones is 1. The van der Waals surface area contributed by atoms with Gasteiger partial charge in [0.2, 0.25) is 0 Å². The molecule has 1 saturated heterocycles. The predicted molar refractivity (Wildman–Crippen MR) is 134 cm³/mol. The number of esters is 1. The third kappa shape index (κ3) is 6.48. The fourth-order valence-electron chi connectivity index (χ4n) is 4.28. The SMILES string of the molecule is CCOC1(c2ccc(/C=C/CC(CC(=O)c3c(Cl)cccc3Cl)C(=O)OC)cc2)CCOCC1. The van der Waals surface area contributed by atoms with Gasteiger partial charge in [-0.05, 0) is 36.6 Å². The van der Waals surface area contributed by atoms with Crippen LogP contribution in [0.15, 0.2) is 48.5 Å². The van der Waals surface area contributed by atoms with Crippen molar-refractivity contribution in [1.29, 1.82) is 0 Å². The van der Waals surface area contributed by atoms with Crippen LogP contribution >= 0.6 is 23.2 Å². The van der Waals surface area contributed by atoms with E-state index in [0.717, 1.165) is 24.0 Å². The minimum Gasteiger partial charge on any atom is -0.469 e. The molecule has 0 radical (unpaired) electrons. The molecule has 0 amide bonds. The summed E-state index contributed by atoms with van der Waals surface area (Å²) in [7, 11) is 1.31. The smallest absolute Gasteiger partial charge is 0.309 e. The Hall–Kier alpha value is -2.18. The summed E-state index contributed by atoms with van der Waals surface area (Å²) >= 11 is 12.3. The van der Waals surface area contributed by atoms with Gasteiger partial charge in [0.05, 0.1) is 34.2 Å². The second-order valence-electron chi connectivity index (χ2n) is 8.24. The van der Waals surface area contributed by atoms with E-state index in [4.69, 9.17) is 37.4 Å². The lowest BCUT2D eigenvalue weighted by molar-refractivity contribution is -0.145. The third-order valence-electron chi connectivity index (χ3n) is 6.10. The maximum absolute atomic E-state index is 12.8. The number of allylic oxidation sites excluding steroid dienone is 1. The van der Waals surface area contributed by atoms with Crippen LogP contribution in [-0.4, -0.2) is 38.7 Å². The first-order chi connectivity index (χ1) is 16.4. The molecule has 3 rings (SSSR count). The molecule has 7 heteroatoms. The lowest BCUT2D eigenvalue weighted by atomic mass is 9.85. The van der Waals surface area contributed by atoms with Crippen molar-refractivity contribution in [3.63, 3.8) is 0 Å². The number of hydrogen-bond acceptors (Lipinski definition) is 5. The van der Waals surface area contributed by atoms with Crippen LogP contribution < -0.4 is 0 Å². The van der Waals surface area contributed by atoms with Gasteiger partial charge in [0.25, 0.3) is 0 Å². The zero-order valence-electron chi connectivity index (χ0n) is 19.5. The highest BCUT2D eigenvalue weighted by molar-refractivity contribution is 6.39. The zero-order valence-corrected chi connectivity index (χ0v) is 21.0. The molecule has 2 aromatic rings. The molecule has 0 spiro atoms. The van der Waals surface area contributed by atoms with E-state index in [0.29, 0.717) is 26.2 Å². The van der Waals surface area contributed by atoms with Gasteiger partial charge in [0.1, 0.15) is 0 Å². The van der Waals surface area contributed by atoms with Crippen molar-refractivity contribution in [2.75, 3.05) is 26.9 Å². The number of Topliss-reactive ketones (excluding diaryl/α,β-unsaturated/α-hetero) is 1. The maximum atomic E-state index is 12.8. The second-order valence-corrected chi connectivity index (χ2v) is 9.06. The predicted octanol–water partition coefficient (Wildman–Crippen LogP) is 6.50. The summed E-state index contributed by atoms with van der Waals surface area (Å²) in [6.07, 6.45) is 5.79. The quantitative estimate of drug-likeness (QED) is 0.273. The van der Waals surface area contributed by atoms with Crippen molar-refractivity contribution in [3.8, 4) is 0 Å². The molecule has 1 atom stereocenters. The van der Waals surface area contributed by atoms with Crippen molar-refractivity contribution in [1.82, 2.24) is 0 Å². The monoisotopic (exact) mass is 504 g/mol. The van der Waals surface area contributed by atoms with E-state index in [9.17, 15) is 9.59 Å². The minimum absolute atomic E-state index is 0.0433. The fourth-order valence-corrected chi connectivity index (χ4v) is 4.89. The van der Waals surface area contributed by atoms with Crippen LogP contribution in [0.1, 0.15) is 54.1 Å². The van der Waals surface area contributed by atoms with Crippen LogP contribution in [0.25, 0.3) is 6.08 Å². The van der Waals surface area contributed by atoms with E-state index in [1.807, 2.05) is 31.2 Å². The average molecular weight is 505 g/mol. The van der Waals surface area contributed by atoms with Gasteiger partial charge in [-0.3, -0.25) is 9.59 Å². The van der Waals surface area contributed by atoms with Gasteiger partial charge >= 0.3 is 5.97 Å². The standard InChI is InChI=1S/C27H30Cl2O5/c1-3-34-27(14-16-33-17-15-27)21-12-10-19(11-13-21)6-4-7-20(26(31)32-2)18-24(30)25-22(28)8-5-9-23(25)29/h4-6,8-13,20H,3,7,14-18H2,1-2H3/b6-4+. The largest absolute Gasteiger partial charge is 0.469 e. The van der Waals surface area contributed by atoms with Crippen LogP contribution in [0.5, 0.6) is 0 Å². The van der Waals surface area contributed by atoms with Gasteiger partial charge in [-0.1, -0.05) is 65.7 Å². The highest BCUT2D eigenvalue weighted by atomic mass is 35.5. The zero-order chi connectivity index (χ0) is 24.6. The van der Waals surface area contributed by atoms with Gasteiger partial charge in [-0.15, -0.1) is 0 Å². The van der Waals surface area contributed by atoms with E-state index < -0.39 is 11.9 Å². The van der Waals surface area contributed by atoms with Crippen LogP contribution in [0.3, 0.4) is 0 Å². The average Bonchev–Trinajstić information content (AvgIpc) is 2.84. The second kappa shape index (κ2) is 12.5. The normalized spacial score (nSPS) is 16.4. The Labute approximate surface area is 211 Å². The molecule has 182 valence electrons. The molecule has 0 saturated carbocycles. The lowest BCUT2D eigenvalue weighted by Crippen LogP contribution is -2.36. The summed E-state index contributed by atoms with van der Waals surface area (Å²) in [6, 6.07) is 13.1. The summed E-state index contributed by atoms with van der Waals surface area (Å²) in [5.74, 6) is -1.38. The summed E-state index contributed by atoms with van der Waals surface area (Å²) in [6.45, 7) is 4.04. The van der Waals surface area contributed by atoms with Gasteiger partial charge in [-0.2, -0.15) is 0 Å². The molecule has 1 fully saturated rings. The molecule has 34 heavy (non-hydrogen) atoms. The Morgan fingerprint density at radius 2 is 1.74 bits per heavy atom. The van der Waals surface area contributed by atoms with Crippen molar-refractivity contribution in [2.45, 2.75) is 38.2 Å². The molecule has 0 aromatic heterocycles. The fraction of sp³-hybridized carbons (Fsp3) is 0.407. The van der Waals surface area contributed by atoms with E-state index in [-0.39, 0.29) is 33.4 Å². The first kappa shape index (κ1) is 26.4. The number of methoxy groups -OCH3 is 1. The molecule has 1 heterocycles. The van der Waals surface area contributed by atoms with E-state index >= 15 is 0 Å². The van der Waals surface area contributed by atoms with Crippen molar-refractivity contribution >= 4 is 41.0 Å².